The summed E-state index contributed by atoms with van der Waals surface area (Å²) in [5.74, 6) is -1.69. The molecule has 52 heavy (non-hydrogen) atoms. The first kappa shape index (κ1) is 41.7. The predicted molar refractivity (Wildman–Crippen MR) is 206 cm³/mol. The number of carbonyl (C=O) groups is 4. The van der Waals surface area contributed by atoms with Crippen LogP contribution in [0.4, 0.5) is 5.69 Å². The third kappa shape index (κ3) is 12.5. The second kappa shape index (κ2) is 19.7. The minimum atomic E-state index is -3.73. The number of likely N-dealkylation sites (N-methyl/N-ethyl adjacent to an activating group) is 1. The van der Waals surface area contributed by atoms with Crippen molar-refractivity contribution in [3.05, 3.63) is 101 Å². The van der Waals surface area contributed by atoms with Crippen LogP contribution in [0.3, 0.4) is 0 Å². The molecule has 0 aliphatic heterocycles. The van der Waals surface area contributed by atoms with Gasteiger partial charge < -0.3 is 26.6 Å². The van der Waals surface area contributed by atoms with E-state index in [1.807, 2.05) is 95.3 Å². The molecule has 4 atom stereocenters. The molecule has 0 aliphatic rings. The van der Waals surface area contributed by atoms with Crippen molar-refractivity contribution in [2.75, 3.05) is 30.7 Å². The third-order valence-corrected chi connectivity index (χ3v) is 9.92. The zero-order valence-electron chi connectivity index (χ0n) is 31.2. The maximum absolute atomic E-state index is 14.0. The van der Waals surface area contributed by atoms with E-state index in [1.54, 1.807) is 0 Å². The molecule has 4 amide bonds. The summed E-state index contributed by atoms with van der Waals surface area (Å²) in [6.45, 7) is 10.0. The zero-order valence-corrected chi connectivity index (χ0v) is 32.0. The molecule has 282 valence electrons. The summed E-state index contributed by atoms with van der Waals surface area (Å²) in [5, 5.41) is 15.0. The summed E-state index contributed by atoms with van der Waals surface area (Å²) in [5.41, 5.74) is 2.19. The molecule has 0 aromatic heterocycles. The summed E-state index contributed by atoms with van der Waals surface area (Å²) in [7, 11) is -2.37. The molecular weight excluding hydrogens is 681 g/mol. The van der Waals surface area contributed by atoms with Crippen LogP contribution >= 0.6 is 0 Å². The van der Waals surface area contributed by atoms with Gasteiger partial charge in [-0.25, -0.2) is 8.42 Å². The van der Waals surface area contributed by atoms with Gasteiger partial charge in [0, 0.05) is 37.3 Å². The number of benzene rings is 3. The minimum Gasteiger partial charge on any atom is -0.355 e. The fourth-order valence-corrected chi connectivity index (χ4v) is 6.15. The van der Waals surface area contributed by atoms with E-state index in [0.29, 0.717) is 25.8 Å². The second-order valence-corrected chi connectivity index (χ2v) is 15.4. The average molecular weight is 735 g/mol. The number of amides is 4. The normalized spacial score (nSPS) is 13.7. The van der Waals surface area contributed by atoms with Gasteiger partial charge in [-0.2, -0.15) is 0 Å². The van der Waals surface area contributed by atoms with Gasteiger partial charge in [0.15, 0.2) is 0 Å². The van der Waals surface area contributed by atoms with Crippen LogP contribution in [0.5, 0.6) is 0 Å². The van der Waals surface area contributed by atoms with Crippen molar-refractivity contribution in [3.63, 3.8) is 0 Å². The predicted octanol–water partition coefficient (Wildman–Crippen LogP) is 3.95. The summed E-state index contributed by atoms with van der Waals surface area (Å²) < 4.78 is 26.1. The van der Waals surface area contributed by atoms with E-state index in [0.717, 1.165) is 21.7 Å². The van der Waals surface area contributed by atoms with Crippen molar-refractivity contribution < 1.29 is 27.6 Å². The van der Waals surface area contributed by atoms with Crippen molar-refractivity contribution in [2.45, 2.75) is 78.0 Å². The van der Waals surface area contributed by atoms with Crippen LogP contribution in [0.25, 0.3) is 0 Å². The first-order valence-corrected chi connectivity index (χ1v) is 19.6. The lowest BCUT2D eigenvalue weighted by Crippen LogP contribution is -2.56. The van der Waals surface area contributed by atoms with E-state index < -0.39 is 40.0 Å². The zero-order chi connectivity index (χ0) is 38.4. The molecule has 0 heterocycles. The number of sulfonamides is 1. The Bertz CT molecular complexity index is 1750. The Morgan fingerprint density at radius 2 is 1.35 bits per heavy atom. The van der Waals surface area contributed by atoms with Gasteiger partial charge in [0.2, 0.25) is 21.8 Å². The fourth-order valence-electron chi connectivity index (χ4n) is 5.67. The molecule has 3 rings (SSSR count). The van der Waals surface area contributed by atoms with Gasteiger partial charge >= 0.3 is 0 Å². The highest BCUT2D eigenvalue weighted by Gasteiger charge is 2.28. The highest BCUT2D eigenvalue weighted by atomic mass is 32.2. The van der Waals surface area contributed by atoms with Crippen molar-refractivity contribution >= 4 is 39.3 Å². The van der Waals surface area contributed by atoms with Crippen LogP contribution in [0.1, 0.15) is 85.3 Å². The SMILES string of the molecule is CCCC(NC[C@H](Cc1ccccc1)NC(=O)c1cc(C(=O)N[C@H](C)c2ccccc2)cc(N(C)S(C)(=O)=O)c1)C(=O)N[C@H](C(=O)NCC)C(C)C. The van der Waals surface area contributed by atoms with Gasteiger partial charge in [-0.05, 0) is 61.9 Å². The number of nitrogens with one attached hydrogen (secondary N) is 5. The molecule has 3 aromatic rings. The number of hydrogen-bond donors (Lipinski definition) is 5. The van der Waals surface area contributed by atoms with Crippen LogP contribution in [-0.2, 0) is 26.0 Å². The molecule has 0 fully saturated rings. The van der Waals surface area contributed by atoms with Gasteiger partial charge in [0.05, 0.1) is 24.0 Å². The third-order valence-electron chi connectivity index (χ3n) is 8.71. The first-order chi connectivity index (χ1) is 24.6. The Morgan fingerprint density at radius 1 is 0.769 bits per heavy atom. The van der Waals surface area contributed by atoms with E-state index in [2.05, 4.69) is 26.6 Å². The molecule has 1 unspecified atom stereocenters. The first-order valence-electron chi connectivity index (χ1n) is 17.8. The maximum Gasteiger partial charge on any atom is 0.251 e. The second-order valence-electron chi connectivity index (χ2n) is 13.3. The molecule has 0 saturated heterocycles. The van der Waals surface area contributed by atoms with Crippen molar-refractivity contribution in [1.82, 2.24) is 26.6 Å². The van der Waals surface area contributed by atoms with E-state index in [4.69, 9.17) is 0 Å². The molecule has 0 aliphatic carbocycles. The molecular formula is C39H54N6O6S. The highest BCUT2D eigenvalue weighted by molar-refractivity contribution is 7.92. The van der Waals surface area contributed by atoms with Gasteiger partial charge in [0.25, 0.3) is 11.8 Å². The van der Waals surface area contributed by atoms with Crippen molar-refractivity contribution in [2.24, 2.45) is 5.92 Å². The quantitative estimate of drug-likeness (QED) is 0.124. The monoisotopic (exact) mass is 734 g/mol. The van der Waals surface area contributed by atoms with Gasteiger partial charge in [-0.3, -0.25) is 23.5 Å². The Morgan fingerprint density at radius 3 is 1.88 bits per heavy atom. The van der Waals surface area contributed by atoms with Crippen LogP contribution in [-0.4, -0.2) is 76.6 Å². The summed E-state index contributed by atoms with van der Waals surface area (Å²) in [6, 6.07) is 21.1. The molecule has 0 spiro atoms. The molecule has 0 saturated carbocycles. The summed E-state index contributed by atoms with van der Waals surface area (Å²) in [6.07, 6.45) is 2.65. The van der Waals surface area contributed by atoms with Crippen LogP contribution in [0, 0.1) is 5.92 Å². The average Bonchev–Trinajstić information content (AvgIpc) is 3.11. The smallest absolute Gasteiger partial charge is 0.251 e. The molecule has 13 heteroatoms. The van der Waals surface area contributed by atoms with E-state index >= 15 is 0 Å². The van der Waals surface area contributed by atoms with Crippen molar-refractivity contribution in [1.29, 1.82) is 0 Å². The summed E-state index contributed by atoms with van der Waals surface area (Å²) in [4.78, 5) is 53.7. The molecule has 3 aromatic carbocycles. The lowest BCUT2D eigenvalue weighted by molar-refractivity contribution is -0.131. The van der Waals surface area contributed by atoms with E-state index in [9.17, 15) is 27.6 Å². The largest absolute Gasteiger partial charge is 0.355 e. The van der Waals surface area contributed by atoms with E-state index in [1.165, 1.54) is 25.2 Å². The number of rotatable bonds is 19. The Kier molecular flexibility index (Phi) is 15.8. The maximum atomic E-state index is 14.0. The Labute approximate surface area is 308 Å². The minimum absolute atomic E-state index is 0.0909. The lowest BCUT2D eigenvalue weighted by Gasteiger charge is -2.27. The topological polar surface area (TPSA) is 166 Å². The highest BCUT2D eigenvalue weighted by Crippen LogP contribution is 2.22. The number of carbonyl (C=O) groups excluding carboxylic acids is 4. The molecule has 12 nitrogen and oxygen atoms in total. The van der Waals surface area contributed by atoms with Gasteiger partial charge in [0.1, 0.15) is 6.04 Å². The number of nitrogens with zero attached hydrogens (tertiary/aromatic N) is 1. The molecule has 5 N–H and O–H groups in total. The Balaban J connectivity index is 1.91. The molecule has 0 radical (unpaired) electrons. The fraction of sp³-hybridized carbons (Fsp3) is 0.436. The van der Waals surface area contributed by atoms with Crippen LogP contribution < -0.4 is 30.9 Å². The van der Waals surface area contributed by atoms with Gasteiger partial charge in [-0.1, -0.05) is 87.9 Å². The number of anilines is 1. The molecule has 0 bridgehead atoms. The van der Waals surface area contributed by atoms with Gasteiger partial charge in [-0.15, -0.1) is 0 Å². The summed E-state index contributed by atoms with van der Waals surface area (Å²) >= 11 is 0. The standard InChI is InChI=1S/C39H54N6O6S/c1-8-16-34(38(48)44-35(26(3)4)39(49)40-9-2)41-25-32(21-28-17-12-10-13-18-28)43-37(47)31-22-30(23-33(24-31)45(6)52(7,50)51)36(46)42-27(5)29-19-14-11-15-20-29/h10-15,17-20,22-24,26-27,32,34-35,41H,8-9,16,21,25H2,1-7H3,(H,40,49)(H,42,46)(H,43,47)(H,44,48)/t27-,32+,34?,35+/m1/s1. The van der Waals surface area contributed by atoms with Crippen molar-refractivity contribution in [3.8, 4) is 0 Å². The van der Waals surface area contributed by atoms with E-state index in [-0.39, 0.29) is 47.1 Å². The van der Waals surface area contributed by atoms with Crippen LogP contribution in [0.15, 0.2) is 78.9 Å². The number of hydrogen-bond acceptors (Lipinski definition) is 7. The lowest BCUT2D eigenvalue weighted by atomic mass is 10.0. The van der Waals surface area contributed by atoms with Crippen LogP contribution in [0.2, 0.25) is 0 Å². The Hall–Kier alpha value is -4.75.